The van der Waals surface area contributed by atoms with E-state index in [2.05, 4.69) is 15.3 Å². The lowest BCUT2D eigenvalue weighted by Crippen LogP contribution is -2.15. The van der Waals surface area contributed by atoms with Crippen molar-refractivity contribution in [2.75, 3.05) is 11.1 Å². The van der Waals surface area contributed by atoms with Crippen molar-refractivity contribution in [3.63, 3.8) is 0 Å². The predicted octanol–water partition coefficient (Wildman–Crippen LogP) is 3.37. The molecule has 0 aliphatic carbocycles. The lowest BCUT2D eigenvalue weighted by Gasteiger charge is -2.06. The van der Waals surface area contributed by atoms with Gasteiger partial charge in [-0.1, -0.05) is 42.1 Å². The lowest BCUT2D eigenvalue weighted by atomic mass is 10.1. The number of anilines is 1. The Morgan fingerprint density at radius 2 is 1.78 bits per heavy atom. The van der Waals surface area contributed by atoms with Gasteiger partial charge in [0.2, 0.25) is 5.91 Å². The second-order valence-corrected chi connectivity index (χ2v) is 6.74. The zero-order valence-corrected chi connectivity index (χ0v) is 15.4. The highest BCUT2D eigenvalue weighted by atomic mass is 32.2. The third kappa shape index (κ3) is 5.15. The van der Waals surface area contributed by atoms with Crippen molar-refractivity contribution in [2.45, 2.75) is 12.1 Å². The van der Waals surface area contributed by atoms with Crippen LogP contribution in [0, 0.1) is 0 Å². The highest BCUT2D eigenvalue weighted by molar-refractivity contribution is 7.99. The van der Waals surface area contributed by atoms with E-state index in [9.17, 15) is 14.4 Å². The number of rotatable bonds is 6. The molecule has 6 nitrogen and oxygen atoms in total. The second-order valence-electron chi connectivity index (χ2n) is 5.77. The third-order valence-electron chi connectivity index (χ3n) is 3.70. The number of nitrogens with one attached hydrogen (secondary N) is 2. The molecule has 1 amide bonds. The first-order valence-corrected chi connectivity index (χ1v) is 9.20. The monoisotopic (exact) mass is 379 g/mol. The molecule has 3 rings (SSSR count). The number of carbonyl (C=O) groups is 2. The number of aromatic nitrogens is 2. The van der Waals surface area contributed by atoms with Crippen molar-refractivity contribution in [3.05, 3.63) is 76.6 Å². The summed E-state index contributed by atoms with van der Waals surface area (Å²) in [6.07, 6.45) is 0. The molecule has 136 valence electrons. The van der Waals surface area contributed by atoms with E-state index in [0.29, 0.717) is 22.1 Å². The van der Waals surface area contributed by atoms with Crippen LogP contribution in [0.2, 0.25) is 0 Å². The zero-order chi connectivity index (χ0) is 19.2. The molecule has 0 aliphatic rings. The molecule has 1 aromatic heterocycles. The quantitative estimate of drug-likeness (QED) is 0.389. The number of ketones is 1. The Kier molecular flexibility index (Phi) is 5.83. The molecule has 3 aromatic rings. The van der Waals surface area contributed by atoms with Crippen LogP contribution >= 0.6 is 11.8 Å². The predicted molar refractivity (Wildman–Crippen MR) is 106 cm³/mol. The Balaban J connectivity index is 1.64. The van der Waals surface area contributed by atoms with E-state index in [1.807, 2.05) is 30.3 Å². The van der Waals surface area contributed by atoms with Gasteiger partial charge in [0.1, 0.15) is 0 Å². The number of nitrogens with zero attached hydrogens (tertiary/aromatic N) is 1. The molecule has 0 spiro atoms. The van der Waals surface area contributed by atoms with E-state index in [1.54, 1.807) is 24.3 Å². The van der Waals surface area contributed by atoms with Gasteiger partial charge in [0.15, 0.2) is 10.9 Å². The van der Waals surface area contributed by atoms with Crippen LogP contribution in [0.4, 0.5) is 5.69 Å². The molecule has 2 aromatic carbocycles. The highest BCUT2D eigenvalue weighted by Crippen LogP contribution is 2.19. The summed E-state index contributed by atoms with van der Waals surface area (Å²) in [5, 5.41) is 3.13. The maximum absolute atomic E-state index is 12.1. The maximum atomic E-state index is 12.1. The Bertz CT molecular complexity index is 1010. The molecule has 0 aliphatic heterocycles. The Labute approximate surface area is 160 Å². The number of hydrogen-bond donors (Lipinski definition) is 2. The number of H-pyrrole nitrogens is 1. The average Bonchev–Trinajstić information content (AvgIpc) is 2.67. The lowest BCUT2D eigenvalue weighted by molar-refractivity contribution is -0.113. The summed E-state index contributed by atoms with van der Waals surface area (Å²) in [6.45, 7) is 1.49. The van der Waals surface area contributed by atoms with Crippen molar-refractivity contribution in [1.82, 2.24) is 9.97 Å². The van der Waals surface area contributed by atoms with E-state index in [1.165, 1.54) is 13.0 Å². The number of hydrogen-bond acceptors (Lipinski definition) is 5. The molecule has 2 N–H and O–H groups in total. The molecule has 0 unspecified atom stereocenters. The summed E-state index contributed by atoms with van der Waals surface area (Å²) >= 11 is 1.15. The number of Topliss-reactive ketones (excluding diaryl/α,β-unsaturated/α-hetero) is 1. The van der Waals surface area contributed by atoms with Crippen LogP contribution in [0.3, 0.4) is 0 Å². The van der Waals surface area contributed by atoms with Crippen LogP contribution < -0.4 is 10.9 Å². The first-order valence-electron chi connectivity index (χ1n) is 8.22. The van der Waals surface area contributed by atoms with Gasteiger partial charge in [-0.15, -0.1) is 0 Å². The van der Waals surface area contributed by atoms with Crippen LogP contribution in [0.1, 0.15) is 17.3 Å². The van der Waals surface area contributed by atoms with Gasteiger partial charge in [0.05, 0.1) is 11.4 Å². The first kappa shape index (κ1) is 18.6. The highest BCUT2D eigenvalue weighted by Gasteiger charge is 2.08. The van der Waals surface area contributed by atoms with Crippen LogP contribution in [0.15, 0.2) is 70.6 Å². The fourth-order valence-corrected chi connectivity index (χ4v) is 3.06. The van der Waals surface area contributed by atoms with Crippen molar-refractivity contribution in [1.29, 1.82) is 0 Å². The minimum absolute atomic E-state index is 0.0308. The van der Waals surface area contributed by atoms with E-state index < -0.39 is 0 Å². The normalized spacial score (nSPS) is 10.4. The van der Waals surface area contributed by atoms with E-state index >= 15 is 0 Å². The number of carbonyl (C=O) groups excluding carboxylic acids is 2. The molecule has 1 heterocycles. The number of amides is 1. The molecule has 0 radical (unpaired) electrons. The standard InChI is InChI=1S/C20H17N3O3S/c1-13(24)14-7-9-16(10-8-14)21-19(26)12-27-20-22-17(11-18(25)23-20)15-5-3-2-4-6-15/h2-11H,12H2,1H3,(H,21,26)(H,22,23,25). The number of aromatic amines is 1. The van der Waals surface area contributed by atoms with Gasteiger partial charge in [-0.2, -0.15) is 0 Å². The van der Waals surface area contributed by atoms with Crippen LogP contribution in [0.25, 0.3) is 11.3 Å². The summed E-state index contributed by atoms with van der Waals surface area (Å²) in [6, 6.07) is 17.5. The summed E-state index contributed by atoms with van der Waals surface area (Å²) < 4.78 is 0. The Hall–Kier alpha value is -3.19. The van der Waals surface area contributed by atoms with E-state index in [4.69, 9.17) is 0 Å². The molecule has 0 fully saturated rings. The van der Waals surface area contributed by atoms with Crippen molar-refractivity contribution in [2.24, 2.45) is 0 Å². The fraction of sp³-hybridized carbons (Fsp3) is 0.100. The van der Waals surface area contributed by atoms with Crippen molar-refractivity contribution >= 4 is 29.1 Å². The Morgan fingerprint density at radius 3 is 2.44 bits per heavy atom. The zero-order valence-electron chi connectivity index (χ0n) is 14.6. The topological polar surface area (TPSA) is 91.9 Å². The van der Waals surface area contributed by atoms with Crippen LogP contribution in [-0.4, -0.2) is 27.4 Å². The first-order chi connectivity index (χ1) is 13.0. The molecular weight excluding hydrogens is 362 g/mol. The van der Waals surface area contributed by atoms with Gasteiger partial charge >= 0.3 is 0 Å². The van der Waals surface area contributed by atoms with Crippen molar-refractivity contribution in [3.8, 4) is 11.3 Å². The molecular formula is C20H17N3O3S. The second kappa shape index (κ2) is 8.46. The summed E-state index contributed by atoms with van der Waals surface area (Å²) in [5.41, 5.74) is 2.31. The summed E-state index contributed by atoms with van der Waals surface area (Å²) in [5.74, 6) is -0.171. The van der Waals surface area contributed by atoms with E-state index in [0.717, 1.165) is 17.3 Å². The average molecular weight is 379 g/mol. The smallest absolute Gasteiger partial charge is 0.252 e. The van der Waals surface area contributed by atoms with Gasteiger partial charge in [-0.3, -0.25) is 14.4 Å². The molecule has 0 saturated carbocycles. The molecule has 0 saturated heterocycles. The molecule has 27 heavy (non-hydrogen) atoms. The summed E-state index contributed by atoms with van der Waals surface area (Å²) in [7, 11) is 0. The largest absolute Gasteiger partial charge is 0.325 e. The van der Waals surface area contributed by atoms with Crippen LogP contribution in [0.5, 0.6) is 0 Å². The minimum Gasteiger partial charge on any atom is -0.325 e. The fourth-order valence-electron chi connectivity index (χ4n) is 2.38. The third-order valence-corrected chi connectivity index (χ3v) is 4.58. The van der Waals surface area contributed by atoms with Crippen LogP contribution in [-0.2, 0) is 4.79 Å². The van der Waals surface area contributed by atoms with Crippen molar-refractivity contribution < 1.29 is 9.59 Å². The number of benzene rings is 2. The molecule has 0 bridgehead atoms. The van der Waals surface area contributed by atoms with Gasteiger partial charge in [-0.25, -0.2) is 4.98 Å². The number of thioether (sulfide) groups is 1. The van der Waals surface area contributed by atoms with E-state index in [-0.39, 0.29) is 23.0 Å². The molecule has 0 atom stereocenters. The Morgan fingerprint density at radius 1 is 1.07 bits per heavy atom. The van der Waals surface area contributed by atoms with Gasteiger partial charge in [0, 0.05) is 22.9 Å². The maximum Gasteiger partial charge on any atom is 0.252 e. The minimum atomic E-state index is -0.272. The molecule has 7 heteroatoms. The SMILES string of the molecule is CC(=O)c1ccc(NC(=O)CSc2nc(-c3ccccc3)cc(=O)[nH]2)cc1. The van der Waals surface area contributed by atoms with Gasteiger partial charge in [-0.05, 0) is 31.2 Å². The summed E-state index contributed by atoms with van der Waals surface area (Å²) in [4.78, 5) is 42.3. The van der Waals surface area contributed by atoms with Gasteiger partial charge in [0.25, 0.3) is 5.56 Å². The van der Waals surface area contributed by atoms with Gasteiger partial charge < -0.3 is 10.3 Å².